The molecule has 0 aromatic heterocycles. The fraction of sp³-hybridized carbons (Fsp3) is 0.227. The second-order valence-corrected chi connectivity index (χ2v) is 9.11. The number of nitrogens with one attached hydrogen (secondary N) is 1. The minimum Gasteiger partial charge on any atom is -0.491 e. The molecule has 6 nitrogen and oxygen atoms in total. The Labute approximate surface area is 198 Å². The molecule has 0 aliphatic carbocycles. The molecule has 3 rings (SSSR count). The molecule has 31 heavy (non-hydrogen) atoms. The fourth-order valence-electron chi connectivity index (χ4n) is 2.66. The van der Waals surface area contributed by atoms with Gasteiger partial charge in [0.15, 0.2) is 0 Å². The zero-order valence-electron chi connectivity index (χ0n) is 16.9. The van der Waals surface area contributed by atoms with Crippen molar-refractivity contribution in [2.75, 3.05) is 11.9 Å². The van der Waals surface area contributed by atoms with Crippen LogP contribution >= 0.6 is 39.3 Å². The van der Waals surface area contributed by atoms with Crippen molar-refractivity contribution in [3.05, 3.63) is 62.4 Å². The highest BCUT2D eigenvalue weighted by atomic mass is 79.9. The van der Waals surface area contributed by atoms with Crippen molar-refractivity contribution in [1.29, 1.82) is 0 Å². The molecule has 1 aliphatic heterocycles. The number of hydrogen-bond acceptors (Lipinski definition) is 5. The number of carbonyl (C=O) groups excluding carboxylic acids is 3. The van der Waals surface area contributed by atoms with E-state index in [0.29, 0.717) is 15.2 Å². The Morgan fingerprint density at radius 2 is 1.97 bits per heavy atom. The summed E-state index contributed by atoms with van der Waals surface area (Å²) in [6.45, 7) is 3.66. The monoisotopic (exact) mass is 522 g/mol. The molecule has 0 unspecified atom stereocenters. The SMILES string of the molecule is CC[C@@H](C)Oc1ccc(/C=C2\SC(=O)N(CC(=O)Nc3ccc(Br)c(Cl)c3)C2=O)cc1. The summed E-state index contributed by atoms with van der Waals surface area (Å²) in [6.07, 6.45) is 2.64. The van der Waals surface area contributed by atoms with Crippen LogP contribution in [0.2, 0.25) is 5.02 Å². The quantitative estimate of drug-likeness (QED) is 0.454. The van der Waals surface area contributed by atoms with E-state index >= 15 is 0 Å². The number of halogens is 2. The van der Waals surface area contributed by atoms with E-state index < -0.39 is 17.1 Å². The molecule has 0 bridgehead atoms. The number of anilines is 1. The van der Waals surface area contributed by atoms with E-state index in [2.05, 4.69) is 21.2 Å². The fourth-order valence-corrected chi connectivity index (χ4v) is 3.93. The first-order valence-electron chi connectivity index (χ1n) is 9.53. The van der Waals surface area contributed by atoms with Crippen LogP contribution in [0.5, 0.6) is 5.75 Å². The maximum atomic E-state index is 12.6. The average molecular weight is 524 g/mol. The van der Waals surface area contributed by atoms with E-state index in [1.54, 1.807) is 24.3 Å². The van der Waals surface area contributed by atoms with Crippen molar-refractivity contribution in [2.45, 2.75) is 26.4 Å². The molecule has 1 heterocycles. The predicted molar refractivity (Wildman–Crippen MR) is 127 cm³/mol. The number of thioether (sulfide) groups is 1. The summed E-state index contributed by atoms with van der Waals surface area (Å²) in [7, 11) is 0. The number of nitrogens with zero attached hydrogens (tertiary/aromatic N) is 1. The zero-order valence-corrected chi connectivity index (χ0v) is 20.0. The third-order valence-electron chi connectivity index (χ3n) is 4.47. The Bertz CT molecular complexity index is 1040. The highest BCUT2D eigenvalue weighted by Gasteiger charge is 2.36. The summed E-state index contributed by atoms with van der Waals surface area (Å²) in [6, 6.07) is 12.2. The summed E-state index contributed by atoms with van der Waals surface area (Å²) in [5, 5.41) is 2.58. The van der Waals surface area contributed by atoms with Gasteiger partial charge in [0.05, 0.1) is 16.0 Å². The summed E-state index contributed by atoms with van der Waals surface area (Å²) in [5.41, 5.74) is 1.23. The van der Waals surface area contributed by atoms with Gasteiger partial charge >= 0.3 is 0 Å². The van der Waals surface area contributed by atoms with Crippen molar-refractivity contribution in [3.8, 4) is 5.75 Å². The summed E-state index contributed by atoms with van der Waals surface area (Å²) in [5.74, 6) is -0.253. The van der Waals surface area contributed by atoms with Crippen LogP contribution in [0.15, 0.2) is 51.8 Å². The lowest BCUT2D eigenvalue weighted by Gasteiger charge is -2.13. The molecule has 1 N–H and O–H groups in total. The third-order valence-corrected chi connectivity index (χ3v) is 6.61. The van der Waals surface area contributed by atoms with Gasteiger partial charge in [-0.2, -0.15) is 0 Å². The Morgan fingerprint density at radius 1 is 1.26 bits per heavy atom. The third kappa shape index (κ3) is 6.12. The molecule has 1 aliphatic rings. The van der Waals surface area contributed by atoms with Crippen molar-refractivity contribution in [3.63, 3.8) is 0 Å². The van der Waals surface area contributed by atoms with Gasteiger partial charge in [-0.15, -0.1) is 0 Å². The predicted octanol–water partition coefficient (Wildman–Crippen LogP) is 5.95. The molecule has 0 radical (unpaired) electrons. The second-order valence-electron chi connectivity index (χ2n) is 6.85. The topological polar surface area (TPSA) is 75.7 Å². The lowest BCUT2D eigenvalue weighted by molar-refractivity contribution is -0.127. The molecule has 1 saturated heterocycles. The van der Waals surface area contributed by atoms with Gasteiger partial charge in [0.25, 0.3) is 11.1 Å². The first kappa shape index (κ1) is 23.4. The van der Waals surface area contributed by atoms with Gasteiger partial charge in [0, 0.05) is 10.2 Å². The van der Waals surface area contributed by atoms with Gasteiger partial charge in [-0.25, -0.2) is 0 Å². The van der Waals surface area contributed by atoms with Crippen molar-refractivity contribution < 1.29 is 19.1 Å². The zero-order chi connectivity index (χ0) is 22.5. The Hall–Kier alpha value is -2.29. The van der Waals surface area contributed by atoms with Crippen LogP contribution in [0.3, 0.4) is 0 Å². The molecule has 3 amide bonds. The smallest absolute Gasteiger partial charge is 0.294 e. The second kappa shape index (κ2) is 10.3. The van der Waals surface area contributed by atoms with E-state index in [4.69, 9.17) is 16.3 Å². The first-order valence-corrected chi connectivity index (χ1v) is 11.5. The maximum Gasteiger partial charge on any atom is 0.294 e. The van der Waals surface area contributed by atoms with Crippen LogP contribution in [-0.4, -0.2) is 34.6 Å². The molecule has 162 valence electrons. The molecule has 2 aromatic rings. The lowest BCUT2D eigenvalue weighted by Crippen LogP contribution is -2.36. The van der Waals surface area contributed by atoms with Crippen LogP contribution < -0.4 is 10.1 Å². The molecular weight excluding hydrogens is 504 g/mol. The molecule has 9 heteroatoms. The molecule has 0 spiro atoms. The Kier molecular flexibility index (Phi) is 7.80. The van der Waals surface area contributed by atoms with Crippen LogP contribution in [0.25, 0.3) is 6.08 Å². The number of imide groups is 1. The Balaban J connectivity index is 1.64. The summed E-state index contributed by atoms with van der Waals surface area (Å²) < 4.78 is 6.44. The molecular formula is C22H20BrClN2O4S. The van der Waals surface area contributed by atoms with Gasteiger partial charge in [0.2, 0.25) is 5.91 Å². The van der Waals surface area contributed by atoms with Crippen LogP contribution in [-0.2, 0) is 9.59 Å². The Morgan fingerprint density at radius 3 is 2.61 bits per heavy atom. The standard InChI is InChI=1S/C22H20BrClN2O4S/c1-3-13(2)30-16-7-4-14(5-8-16)10-19-21(28)26(22(29)31-19)12-20(27)25-15-6-9-17(23)18(24)11-15/h4-11,13H,3,12H2,1-2H3,(H,25,27)/b19-10-/t13-/m1/s1. The van der Waals surface area contributed by atoms with E-state index in [1.165, 1.54) is 0 Å². The number of hydrogen-bond donors (Lipinski definition) is 1. The minimum absolute atomic E-state index is 0.113. The highest BCUT2D eigenvalue weighted by Crippen LogP contribution is 2.32. The van der Waals surface area contributed by atoms with Gasteiger partial charge < -0.3 is 10.1 Å². The van der Waals surface area contributed by atoms with Gasteiger partial charge in [-0.3, -0.25) is 19.3 Å². The number of benzene rings is 2. The number of amides is 3. The molecule has 1 fully saturated rings. The first-order chi connectivity index (χ1) is 14.8. The molecule has 2 aromatic carbocycles. The number of rotatable bonds is 7. The summed E-state index contributed by atoms with van der Waals surface area (Å²) in [4.78, 5) is 38.4. The number of ether oxygens (including phenoxy) is 1. The van der Waals surface area contributed by atoms with Crippen molar-refractivity contribution in [1.82, 2.24) is 4.90 Å². The van der Waals surface area contributed by atoms with Crippen LogP contribution in [0.4, 0.5) is 10.5 Å². The van der Waals surface area contributed by atoms with Crippen LogP contribution in [0.1, 0.15) is 25.8 Å². The number of carbonyl (C=O) groups is 3. The van der Waals surface area contributed by atoms with E-state index in [1.807, 2.05) is 38.1 Å². The van der Waals surface area contributed by atoms with Crippen molar-refractivity contribution in [2.24, 2.45) is 0 Å². The maximum absolute atomic E-state index is 12.6. The van der Waals surface area contributed by atoms with E-state index in [0.717, 1.165) is 34.4 Å². The molecule has 0 saturated carbocycles. The van der Waals surface area contributed by atoms with Crippen LogP contribution in [0, 0.1) is 0 Å². The minimum atomic E-state index is -0.501. The molecule has 1 atom stereocenters. The highest BCUT2D eigenvalue weighted by molar-refractivity contribution is 9.10. The normalized spacial score (nSPS) is 16.0. The summed E-state index contributed by atoms with van der Waals surface area (Å²) >= 11 is 10.1. The van der Waals surface area contributed by atoms with Gasteiger partial charge in [0.1, 0.15) is 12.3 Å². The van der Waals surface area contributed by atoms with E-state index in [9.17, 15) is 14.4 Å². The van der Waals surface area contributed by atoms with Gasteiger partial charge in [-0.1, -0.05) is 30.7 Å². The van der Waals surface area contributed by atoms with E-state index in [-0.39, 0.29) is 17.6 Å². The van der Waals surface area contributed by atoms with Gasteiger partial charge in [-0.05, 0) is 83.0 Å². The lowest BCUT2D eigenvalue weighted by atomic mass is 10.2. The van der Waals surface area contributed by atoms with Crippen molar-refractivity contribution >= 4 is 68.1 Å². The largest absolute Gasteiger partial charge is 0.491 e. The average Bonchev–Trinajstić information content (AvgIpc) is 2.99.